The van der Waals surface area contributed by atoms with Crippen molar-refractivity contribution < 1.29 is 12.6 Å². The summed E-state index contributed by atoms with van der Waals surface area (Å²) in [7, 11) is -4.22. The van der Waals surface area contributed by atoms with Crippen LogP contribution in [0.2, 0.25) is 0 Å². The van der Waals surface area contributed by atoms with Crippen molar-refractivity contribution in [2.24, 2.45) is 0 Å². The highest BCUT2D eigenvalue weighted by Crippen LogP contribution is 2.13. The number of hydrogen-bond acceptors (Lipinski definition) is 4. The number of hydrogen-bond donors (Lipinski definition) is 2. The summed E-state index contributed by atoms with van der Waals surface area (Å²) in [4.78, 5) is 0.244. The molecule has 0 saturated heterocycles. The summed E-state index contributed by atoms with van der Waals surface area (Å²) >= 11 is 0. The van der Waals surface area contributed by atoms with Crippen molar-refractivity contribution in [1.82, 2.24) is 4.72 Å². The molecule has 0 saturated carbocycles. The summed E-state index contributed by atoms with van der Waals surface area (Å²) in [6.07, 6.45) is 1.65. The molecule has 0 aliphatic rings. The van der Waals surface area contributed by atoms with Crippen LogP contribution < -0.4 is 10.0 Å². The van der Waals surface area contributed by atoms with Gasteiger partial charge in [-0.2, -0.15) is 0 Å². The van der Waals surface area contributed by atoms with Gasteiger partial charge < -0.3 is 5.32 Å². The molecule has 0 fully saturated rings. The lowest BCUT2D eigenvalue weighted by molar-refractivity contribution is 0.584. The van der Waals surface area contributed by atoms with Crippen LogP contribution in [0.15, 0.2) is 29.2 Å². The first-order chi connectivity index (χ1) is 8.45. The fourth-order valence-electron chi connectivity index (χ4n) is 1.36. The third kappa shape index (κ3) is 4.75. The lowest BCUT2D eigenvalue weighted by Gasteiger charge is -2.07. The van der Waals surface area contributed by atoms with Gasteiger partial charge in [0.25, 0.3) is 0 Å². The second-order valence-corrected chi connectivity index (χ2v) is 7.05. The fourth-order valence-corrected chi connectivity index (χ4v) is 2.80. The van der Waals surface area contributed by atoms with Gasteiger partial charge in [-0.1, -0.05) is 6.92 Å². The molecule has 1 aromatic carbocycles. The first-order valence-corrected chi connectivity index (χ1v) is 8.80. The Kier molecular flexibility index (Phi) is 5.77. The third-order valence-electron chi connectivity index (χ3n) is 2.22. The molecule has 5 nitrogen and oxygen atoms in total. The summed E-state index contributed by atoms with van der Waals surface area (Å²) in [5.74, 6) is 0.567. The van der Waals surface area contributed by atoms with Crippen LogP contribution in [0.25, 0.3) is 0 Å². The van der Waals surface area contributed by atoms with Gasteiger partial charge in [-0.25, -0.2) is 13.1 Å². The lowest BCUT2D eigenvalue weighted by Crippen LogP contribution is -2.23. The molecule has 0 amide bonds. The maximum absolute atomic E-state index is 11.7. The molecule has 18 heavy (non-hydrogen) atoms. The summed E-state index contributed by atoms with van der Waals surface area (Å²) in [6.45, 7) is 2.70. The average molecular weight is 290 g/mol. The molecule has 2 N–H and O–H groups in total. The van der Waals surface area contributed by atoms with Crippen molar-refractivity contribution >= 4 is 26.5 Å². The summed E-state index contributed by atoms with van der Waals surface area (Å²) in [6, 6.07) is 6.48. The van der Waals surface area contributed by atoms with E-state index in [0.717, 1.165) is 5.69 Å². The molecule has 1 aromatic rings. The lowest BCUT2D eigenvalue weighted by atomic mass is 10.3. The zero-order chi connectivity index (χ0) is 13.6. The van der Waals surface area contributed by atoms with Crippen molar-refractivity contribution in [3.05, 3.63) is 24.3 Å². The molecule has 1 atom stereocenters. The number of anilines is 1. The monoisotopic (exact) mass is 290 g/mol. The highest BCUT2D eigenvalue weighted by Gasteiger charge is 2.11. The molecule has 0 aromatic heterocycles. The van der Waals surface area contributed by atoms with Crippen LogP contribution in [-0.2, 0) is 20.8 Å². The largest absolute Gasteiger partial charge is 0.384 e. The van der Waals surface area contributed by atoms with E-state index < -0.39 is 20.8 Å². The molecule has 1 unspecified atom stereocenters. The normalized spacial score (nSPS) is 13.2. The van der Waals surface area contributed by atoms with Crippen LogP contribution in [0.3, 0.4) is 0 Å². The van der Waals surface area contributed by atoms with Gasteiger partial charge in [-0.15, -0.1) is 0 Å². The standard InChI is InChI=1S/C11H18N2O3S2/c1-3-13-18(15,16)11-6-4-10(5-7-11)12-8-9-17(2)14/h4-7,12-13H,3,8-9H2,1-2H3. The first kappa shape index (κ1) is 15.1. The molecule has 0 aliphatic heterocycles. The summed E-state index contributed by atoms with van der Waals surface area (Å²) in [5.41, 5.74) is 0.816. The van der Waals surface area contributed by atoms with Crippen molar-refractivity contribution in [2.75, 3.05) is 30.4 Å². The third-order valence-corrected chi connectivity index (χ3v) is 4.56. The van der Waals surface area contributed by atoms with Crippen LogP contribution in [0, 0.1) is 0 Å². The highest BCUT2D eigenvalue weighted by molar-refractivity contribution is 7.89. The van der Waals surface area contributed by atoms with Crippen molar-refractivity contribution in [2.45, 2.75) is 11.8 Å². The van der Waals surface area contributed by atoms with Crippen LogP contribution in [-0.4, -0.2) is 37.7 Å². The van der Waals surface area contributed by atoms with Crippen LogP contribution in [0.1, 0.15) is 6.92 Å². The predicted molar refractivity (Wildman–Crippen MR) is 74.7 cm³/mol. The van der Waals surface area contributed by atoms with Crippen LogP contribution in [0.5, 0.6) is 0 Å². The minimum absolute atomic E-state index is 0.244. The van der Waals surface area contributed by atoms with Gasteiger partial charge >= 0.3 is 0 Å². The molecule has 0 heterocycles. The number of sulfonamides is 1. The van der Waals surface area contributed by atoms with Gasteiger partial charge in [-0.3, -0.25) is 4.21 Å². The Balaban J connectivity index is 2.65. The van der Waals surface area contributed by atoms with E-state index in [0.29, 0.717) is 18.8 Å². The van der Waals surface area contributed by atoms with E-state index >= 15 is 0 Å². The van der Waals surface area contributed by atoms with Gasteiger partial charge in [0.1, 0.15) is 0 Å². The van der Waals surface area contributed by atoms with E-state index in [1.54, 1.807) is 37.4 Å². The van der Waals surface area contributed by atoms with Gasteiger partial charge in [0.2, 0.25) is 10.0 Å². The Morgan fingerprint density at radius 3 is 2.33 bits per heavy atom. The van der Waals surface area contributed by atoms with Gasteiger partial charge in [0.15, 0.2) is 0 Å². The molecule has 0 aliphatic carbocycles. The van der Waals surface area contributed by atoms with Gasteiger partial charge in [0.05, 0.1) is 4.90 Å². The van der Waals surface area contributed by atoms with E-state index in [1.807, 2.05) is 0 Å². The second-order valence-electron chi connectivity index (χ2n) is 3.73. The fraction of sp³-hybridized carbons (Fsp3) is 0.455. The summed E-state index contributed by atoms with van der Waals surface area (Å²) < 4.78 is 36.7. The Bertz CT molecular complexity index is 498. The molecule has 0 spiro atoms. The molecule has 7 heteroatoms. The van der Waals surface area contributed by atoms with E-state index in [4.69, 9.17) is 0 Å². The van der Waals surface area contributed by atoms with E-state index in [1.165, 1.54) is 0 Å². The van der Waals surface area contributed by atoms with Crippen molar-refractivity contribution in [1.29, 1.82) is 0 Å². The van der Waals surface area contributed by atoms with Gasteiger partial charge in [-0.05, 0) is 24.3 Å². The topological polar surface area (TPSA) is 75.3 Å². The molecular weight excluding hydrogens is 272 g/mol. The molecule has 0 bridgehead atoms. The Morgan fingerprint density at radius 1 is 1.22 bits per heavy atom. The number of nitrogens with one attached hydrogen (secondary N) is 2. The van der Waals surface area contributed by atoms with E-state index in [2.05, 4.69) is 10.0 Å². The maximum Gasteiger partial charge on any atom is 0.240 e. The maximum atomic E-state index is 11.7. The zero-order valence-electron chi connectivity index (χ0n) is 10.5. The second kappa shape index (κ2) is 6.86. The Hall–Kier alpha value is -0.920. The molecule has 0 radical (unpaired) electrons. The predicted octanol–water partition coefficient (Wildman–Crippen LogP) is 0.775. The van der Waals surface area contributed by atoms with Crippen LogP contribution >= 0.6 is 0 Å². The summed E-state index contributed by atoms with van der Waals surface area (Å²) in [5, 5.41) is 3.08. The quantitative estimate of drug-likeness (QED) is 0.778. The van der Waals surface area contributed by atoms with Crippen LogP contribution in [0.4, 0.5) is 5.69 Å². The van der Waals surface area contributed by atoms with Crippen molar-refractivity contribution in [3.8, 4) is 0 Å². The van der Waals surface area contributed by atoms with E-state index in [9.17, 15) is 12.6 Å². The number of benzene rings is 1. The zero-order valence-corrected chi connectivity index (χ0v) is 12.1. The molecular formula is C11H18N2O3S2. The Morgan fingerprint density at radius 2 is 1.83 bits per heavy atom. The average Bonchev–Trinajstić information content (AvgIpc) is 2.29. The molecule has 1 rings (SSSR count). The van der Waals surface area contributed by atoms with Crippen molar-refractivity contribution in [3.63, 3.8) is 0 Å². The molecule has 102 valence electrons. The SMILES string of the molecule is CCNS(=O)(=O)c1ccc(NCCS(C)=O)cc1. The minimum atomic E-state index is -3.39. The minimum Gasteiger partial charge on any atom is -0.384 e. The number of rotatable bonds is 7. The highest BCUT2D eigenvalue weighted by atomic mass is 32.2. The first-order valence-electron chi connectivity index (χ1n) is 5.59. The smallest absolute Gasteiger partial charge is 0.240 e. The Labute approximate surface area is 110 Å². The van der Waals surface area contributed by atoms with E-state index in [-0.39, 0.29) is 4.90 Å². The van der Waals surface area contributed by atoms with Gasteiger partial charge in [0, 0.05) is 41.6 Å².